The van der Waals surface area contributed by atoms with Crippen LogP contribution in [0, 0.1) is 0 Å². The molecule has 1 heterocycles. The molecule has 2 rings (SSSR count). The fourth-order valence-corrected chi connectivity index (χ4v) is 3.13. The van der Waals surface area contributed by atoms with E-state index in [0.29, 0.717) is 24.7 Å². The molecule has 1 aliphatic rings. The first kappa shape index (κ1) is 16.5. The van der Waals surface area contributed by atoms with E-state index in [1.807, 2.05) is 18.2 Å². The number of nitrogens with one attached hydrogen (secondary N) is 1. The Morgan fingerprint density at radius 2 is 2.10 bits per heavy atom. The Morgan fingerprint density at radius 1 is 1.38 bits per heavy atom. The van der Waals surface area contributed by atoms with Crippen LogP contribution in [-0.4, -0.2) is 39.1 Å². The minimum Gasteiger partial charge on any atom is -0.496 e. The van der Waals surface area contributed by atoms with Crippen LogP contribution in [0.2, 0.25) is 5.02 Å². The van der Waals surface area contributed by atoms with Crippen molar-refractivity contribution in [1.29, 1.82) is 0 Å². The van der Waals surface area contributed by atoms with Gasteiger partial charge < -0.3 is 14.2 Å². The molecule has 1 aromatic carbocycles. The van der Waals surface area contributed by atoms with Crippen LogP contribution in [-0.2, 0) is 15.9 Å². The highest BCUT2D eigenvalue weighted by atomic mass is 35.5. The summed E-state index contributed by atoms with van der Waals surface area (Å²) < 4.78 is 16.7. The van der Waals surface area contributed by atoms with Crippen LogP contribution in [0.5, 0.6) is 5.75 Å². The van der Waals surface area contributed by atoms with Gasteiger partial charge in [-0.1, -0.05) is 11.6 Å². The van der Waals surface area contributed by atoms with Crippen molar-refractivity contribution in [2.45, 2.75) is 30.9 Å². The number of rotatable bonds is 6. The van der Waals surface area contributed by atoms with Crippen LogP contribution in [0.15, 0.2) is 18.2 Å². The molecule has 1 atom stereocenters. The molecule has 1 aliphatic heterocycles. The largest absolute Gasteiger partial charge is 0.496 e. The summed E-state index contributed by atoms with van der Waals surface area (Å²) in [6, 6.07) is 5.55. The van der Waals surface area contributed by atoms with E-state index in [0.717, 1.165) is 24.2 Å². The highest BCUT2D eigenvalue weighted by Crippen LogP contribution is 2.32. The van der Waals surface area contributed by atoms with Gasteiger partial charge in [-0.2, -0.15) is 0 Å². The van der Waals surface area contributed by atoms with Gasteiger partial charge in [0, 0.05) is 38.2 Å². The zero-order valence-electron chi connectivity index (χ0n) is 12.5. The quantitative estimate of drug-likeness (QED) is 0.620. The standard InChI is InChI=1S/C15H23ClN2O3/c1-19-13-4-3-12(16)9-11(13)10-14(18-17)15(20-2)5-7-21-8-6-15/h3-4,9,14,18H,5-8,10,17H2,1-2H3. The first-order chi connectivity index (χ1) is 10.1. The molecule has 0 aliphatic carbocycles. The molecule has 0 radical (unpaired) electrons. The highest BCUT2D eigenvalue weighted by Gasteiger charge is 2.40. The van der Waals surface area contributed by atoms with Crippen LogP contribution in [0.1, 0.15) is 18.4 Å². The Morgan fingerprint density at radius 3 is 2.67 bits per heavy atom. The first-order valence-corrected chi connectivity index (χ1v) is 7.44. The van der Waals surface area contributed by atoms with Gasteiger partial charge in [-0.05, 0) is 30.2 Å². The lowest BCUT2D eigenvalue weighted by Crippen LogP contribution is -2.58. The molecule has 0 aromatic heterocycles. The third kappa shape index (κ3) is 3.67. The summed E-state index contributed by atoms with van der Waals surface area (Å²) >= 11 is 6.10. The van der Waals surface area contributed by atoms with E-state index in [9.17, 15) is 0 Å². The third-order valence-electron chi connectivity index (χ3n) is 4.25. The minimum atomic E-state index is -0.333. The van der Waals surface area contributed by atoms with Crippen molar-refractivity contribution in [3.8, 4) is 5.75 Å². The second-order valence-electron chi connectivity index (χ2n) is 5.26. The summed E-state index contributed by atoms with van der Waals surface area (Å²) in [5.41, 5.74) is 3.58. The average Bonchev–Trinajstić information content (AvgIpc) is 2.53. The van der Waals surface area contributed by atoms with Gasteiger partial charge in [-0.25, -0.2) is 0 Å². The molecule has 0 bridgehead atoms. The van der Waals surface area contributed by atoms with Crippen molar-refractivity contribution in [1.82, 2.24) is 5.43 Å². The number of nitrogens with two attached hydrogens (primary N) is 1. The fraction of sp³-hybridized carbons (Fsp3) is 0.600. The summed E-state index contributed by atoms with van der Waals surface area (Å²) in [7, 11) is 3.38. The van der Waals surface area contributed by atoms with Gasteiger partial charge >= 0.3 is 0 Å². The summed E-state index contributed by atoms with van der Waals surface area (Å²) in [5, 5.41) is 0.681. The molecule has 1 fully saturated rings. The van der Waals surface area contributed by atoms with Crippen LogP contribution in [0.25, 0.3) is 0 Å². The monoisotopic (exact) mass is 314 g/mol. The van der Waals surface area contributed by atoms with Gasteiger partial charge in [-0.3, -0.25) is 11.3 Å². The van der Waals surface area contributed by atoms with Crippen molar-refractivity contribution in [2.75, 3.05) is 27.4 Å². The van der Waals surface area contributed by atoms with E-state index >= 15 is 0 Å². The lowest BCUT2D eigenvalue weighted by molar-refractivity contribution is -0.110. The van der Waals surface area contributed by atoms with Crippen LogP contribution >= 0.6 is 11.6 Å². The van der Waals surface area contributed by atoms with Crippen molar-refractivity contribution in [3.05, 3.63) is 28.8 Å². The lowest BCUT2D eigenvalue weighted by atomic mass is 9.83. The number of hydrazine groups is 1. The first-order valence-electron chi connectivity index (χ1n) is 7.06. The normalized spacial score (nSPS) is 19.2. The predicted octanol–water partition coefficient (Wildman–Crippen LogP) is 1.92. The van der Waals surface area contributed by atoms with Gasteiger partial charge in [0.2, 0.25) is 0 Å². The predicted molar refractivity (Wildman–Crippen MR) is 82.6 cm³/mol. The molecule has 21 heavy (non-hydrogen) atoms. The SMILES string of the molecule is COc1ccc(Cl)cc1CC(NN)C1(OC)CCOCC1. The van der Waals surface area contributed by atoms with E-state index in [4.69, 9.17) is 31.7 Å². The van der Waals surface area contributed by atoms with Gasteiger partial charge in [0.15, 0.2) is 0 Å². The number of methoxy groups -OCH3 is 2. The van der Waals surface area contributed by atoms with Gasteiger partial charge in [0.05, 0.1) is 18.8 Å². The van der Waals surface area contributed by atoms with Crippen molar-refractivity contribution in [2.24, 2.45) is 5.84 Å². The van der Waals surface area contributed by atoms with E-state index < -0.39 is 0 Å². The Balaban J connectivity index is 2.23. The summed E-state index contributed by atoms with van der Waals surface area (Å²) in [4.78, 5) is 0. The molecule has 0 spiro atoms. The Bertz CT molecular complexity index is 464. The van der Waals surface area contributed by atoms with Gasteiger partial charge in [-0.15, -0.1) is 0 Å². The number of halogens is 1. The third-order valence-corrected chi connectivity index (χ3v) is 4.48. The molecule has 118 valence electrons. The molecule has 1 saturated heterocycles. The molecule has 3 N–H and O–H groups in total. The van der Waals surface area contributed by atoms with E-state index in [-0.39, 0.29) is 11.6 Å². The number of hydrogen-bond acceptors (Lipinski definition) is 5. The zero-order valence-corrected chi connectivity index (χ0v) is 13.3. The van der Waals surface area contributed by atoms with E-state index in [1.54, 1.807) is 14.2 Å². The summed E-state index contributed by atoms with van der Waals surface area (Å²) in [6.45, 7) is 1.36. The molecular weight excluding hydrogens is 292 g/mol. The fourth-order valence-electron chi connectivity index (χ4n) is 2.94. The molecular formula is C15H23ClN2O3. The molecule has 0 amide bonds. The summed E-state index contributed by atoms with van der Waals surface area (Å²) in [5.74, 6) is 6.60. The Labute approximate surface area is 130 Å². The Hall–Kier alpha value is -0.850. The Kier molecular flexibility index (Phi) is 5.84. The van der Waals surface area contributed by atoms with E-state index in [1.165, 1.54) is 0 Å². The maximum absolute atomic E-state index is 6.10. The minimum absolute atomic E-state index is 0.0428. The van der Waals surface area contributed by atoms with Gasteiger partial charge in [0.1, 0.15) is 5.75 Å². The second kappa shape index (κ2) is 7.42. The topological polar surface area (TPSA) is 65.7 Å². The van der Waals surface area contributed by atoms with E-state index in [2.05, 4.69) is 5.43 Å². The number of hydrogen-bond donors (Lipinski definition) is 2. The van der Waals surface area contributed by atoms with Crippen molar-refractivity contribution >= 4 is 11.6 Å². The maximum atomic E-state index is 6.10. The maximum Gasteiger partial charge on any atom is 0.122 e. The number of benzene rings is 1. The number of ether oxygens (including phenoxy) is 3. The molecule has 5 nitrogen and oxygen atoms in total. The highest BCUT2D eigenvalue weighted by molar-refractivity contribution is 6.30. The average molecular weight is 315 g/mol. The molecule has 6 heteroatoms. The molecule has 1 unspecified atom stereocenters. The van der Waals surface area contributed by atoms with Crippen LogP contribution < -0.4 is 16.0 Å². The molecule has 0 saturated carbocycles. The van der Waals surface area contributed by atoms with Crippen LogP contribution in [0.4, 0.5) is 0 Å². The summed E-state index contributed by atoms with van der Waals surface area (Å²) in [6.07, 6.45) is 2.29. The second-order valence-corrected chi connectivity index (χ2v) is 5.70. The molecule has 1 aromatic rings. The van der Waals surface area contributed by atoms with Gasteiger partial charge in [0.25, 0.3) is 0 Å². The lowest BCUT2D eigenvalue weighted by Gasteiger charge is -2.42. The zero-order chi connectivity index (χ0) is 15.3. The van der Waals surface area contributed by atoms with Crippen LogP contribution in [0.3, 0.4) is 0 Å². The smallest absolute Gasteiger partial charge is 0.122 e. The van der Waals surface area contributed by atoms with Crippen molar-refractivity contribution < 1.29 is 14.2 Å². The van der Waals surface area contributed by atoms with Crippen molar-refractivity contribution in [3.63, 3.8) is 0 Å².